The lowest BCUT2D eigenvalue weighted by Gasteiger charge is -2.33. The Morgan fingerprint density at radius 2 is 1.65 bits per heavy atom. The highest BCUT2D eigenvalue weighted by atomic mass is 16.6. The average Bonchev–Trinajstić information content (AvgIpc) is 2.52. The van der Waals surface area contributed by atoms with E-state index in [-0.39, 0.29) is 33.0 Å². The van der Waals surface area contributed by atoms with Crippen LogP contribution >= 0.6 is 0 Å². The minimum Gasteiger partial charge on any atom is -0.393 e. The molecular weight excluding hydrogens is 324 g/mol. The standard InChI is InChI=1S/C22H30N2O2/c1-15(16-10-8-7-9-11-16)18-12-17(13-19(20(18)23)24(25)26)22(5,6)14-21(2,3)4/h7-13,15H,14,23H2,1-6H3. The van der Waals surface area contributed by atoms with Crippen molar-refractivity contribution in [3.8, 4) is 0 Å². The van der Waals surface area contributed by atoms with Crippen LogP contribution in [0.1, 0.15) is 70.6 Å². The molecule has 0 aliphatic rings. The number of hydrogen-bond donors (Lipinski definition) is 1. The predicted molar refractivity (Wildman–Crippen MR) is 109 cm³/mol. The maximum Gasteiger partial charge on any atom is 0.292 e. The van der Waals surface area contributed by atoms with Gasteiger partial charge >= 0.3 is 0 Å². The second-order valence-electron chi connectivity index (χ2n) is 9.01. The van der Waals surface area contributed by atoms with Crippen LogP contribution in [0.4, 0.5) is 11.4 Å². The van der Waals surface area contributed by atoms with E-state index in [9.17, 15) is 10.1 Å². The van der Waals surface area contributed by atoms with Gasteiger partial charge in [-0.1, -0.05) is 77.9 Å². The summed E-state index contributed by atoms with van der Waals surface area (Å²) in [6.07, 6.45) is 0.917. The Bertz CT molecular complexity index is 790. The Morgan fingerprint density at radius 1 is 1.08 bits per heavy atom. The molecule has 0 spiro atoms. The van der Waals surface area contributed by atoms with Gasteiger partial charge in [0.2, 0.25) is 0 Å². The highest BCUT2D eigenvalue weighted by molar-refractivity contribution is 5.67. The van der Waals surface area contributed by atoms with E-state index in [1.54, 1.807) is 6.07 Å². The van der Waals surface area contributed by atoms with E-state index < -0.39 is 0 Å². The Hall–Kier alpha value is -2.36. The number of nitrogens with two attached hydrogens (primary N) is 1. The summed E-state index contributed by atoms with van der Waals surface area (Å²) in [6, 6.07) is 13.7. The molecular formula is C22H30N2O2. The number of hydrogen-bond acceptors (Lipinski definition) is 3. The zero-order chi connectivity index (χ0) is 19.7. The van der Waals surface area contributed by atoms with E-state index >= 15 is 0 Å². The number of nitrogens with zero attached hydrogens (tertiary/aromatic N) is 1. The Labute approximate surface area is 156 Å². The number of rotatable bonds is 5. The first-order valence-corrected chi connectivity index (χ1v) is 9.05. The van der Waals surface area contributed by atoms with E-state index in [1.165, 1.54) is 0 Å². The van der Waals surface area contributed by atoms with Gasteiger partial charge in [0.15, 0.2) is 0 Å². The highest BCUT2D eigenvalue weighted by Crippen LogP contribution is 2.42. The molecule has 1 unspecified atom stereocenters. The van der Waals surface area contributed by atoms with Crippen molar-refractivity contribution in [1.29, 1.82) is 0 Å². The zero-order valence-electron chi connectivity index (χ0n) is 16.7. The summed E-state index contributed by atoms with van der Waals surface area (Å²) in [7, 11) is 0. The van der Waals surface area contributed by atoms with Crippen LogP contribution in [-0.4, -0.2) is 4.92 Å². The number of nitro benzene ring substituents is 1. The molecule has 0 saturated heterocycles. The van der Waals surface area contributed by atoms with E-state index in [0.717, 1.165) is 23.1 Å². The van der Waals surface area contributed by atoms with Crippen molar-refractivity contribution < 1.29 is 4.92 Å². The Balaban J connectivity index is 2.62. The van der Waals surface area contributed by atoms with Crippen LogP contribution in [0.3, 0.4) is 0 Å². The lowest BCUT2D eigenvalue weighted by molar-refractivity contribution is -0.384. The second-order valence-corrected chi connectivity index (χ2v) is 9.01. The topological polar surface area (TPSA) is 69.2 Å². The van der Waals surface area contributed by atoms with Crippen LogP contribution in [0, 0.1) is 15.5 Å². The molecule has 4 nitrogen and oxygen atoms in total. The minimum atomic E-state index is -0.368. The summed E-state index contributed by atoms with van der Waals surface area (Å²) >= 11 is 0. The van der Waals surface area contributed by atoms with Crippen molar-refractivity contribution in [3.05, 3.63) is 69.3 Å². The van der Waals surface area contributed by atoms with Crippen molar-refractivity contribution in [3.63, 3.8) is 0 Å². The number of nitrogen functional groups attached to an aromatic ring is 1. The maximum atomic E-state index is 11.6. The molecule has 1 atom stereocenters. The first kappa shape index (κ1) is 20.0. The molecule has 2 rings (SSSR count). The van der Waals surface area contributed by atoms with Gasteiger partial charge in [0, 0.05) is 12.0 Å². The van der Waals surface area contributed by atoms with Crippen LogP contribution in [0.25, 0.3) is 0 Å². The fourth-order valence-corrected chi connectivity index (χ4v) is 3.91. The van der Waals surface area contributed by atoms with Crippen molar-refractivity contribution in [2.75, 3.05) is 5.73 Å². The smallest absolute Gasteiger partial charge is 0.292 e. The molecule has 2 aromatic carbocycles. The fraction of sp³-hybridized carbons (Fsp3) is 0.455. The largest absolute Gasteiger partial charge is 0.393 e. The first-order chi connectivity index (χ1) is 11.9. The number of anilines is 1. The molecule has 0 aromatic heterocycles. The average molecular weight is 354 g/mol. The first-order valence-electron chi connectivity index (χ1n) is 9.05. The molecule has 0 bridgehead atoms. The summed E-state index contributed by atoms with van der Waals surface area (Å²) in [6.45, 7) is 12.9. The lowest BCUT2D eigenvalue weighted by Crippen LogP contribution is -2.25. The molecule has 0 saturated carbocycles. The molecule has 0 heterocycles. The van der Waals surface area contributed by atoms with Crippen LogP contribution in [0.2, 0.25) is 0 Å². The van der Waals surface area contributed by atoms with Gasteiger partial charge in [0.25, 0.3) is 5.69 Å². The lowest BCUT2D eigenvalue weighted by atomic mass is 9.71. The predicted octanol–water partition coefficient (Wildman–Crippen LogP) is 6.04. The minimum absolute atomic E-state index is 0.00210. The van der Waals surface area contributed by atoms with Crippen LogP contribution in [-0.2, 0) is 5.41 Å². The summed E-state index contributed by atoms with van der Waals surface area (Å²) in [4.78, 5) is 11.3. The third-order valence-corrected chi connectivity index (χ3v) is 4.91. The van der Waals surface area contributed by atoms with Gasteiger partial charge in [-0.25, -0.2) is 0 Å². The summed E-state index contributed by atoms with van der Waals surface area (Å²) in [5, 5.41) is 11.6. The van der Waals surface area contributed by atoms with Gasteiger partial charge in [0.05, 0.1) is 4.92 Å². The molecule has 0 aliphatic heterocycles. The quantitative estimate of drug-likeness (QED) is 0.404. The summed E-state index contributed by atoms with van der Waals surface area (Å²) in [5.74, 6) is -0.0136. The van der Waals surface area contributed by atoms with Gasteiger partial charge in [-0.15, -0.1) is 0 Å². The van der Waals surface area contributed by atoms with Gasteiger partial charge in [-0.2, -0.15) is 0 Å². The van der Waals surface area contributed by atoms with E-state index in [0.29, 0.717) is 0 Å². The SMILES string of the molecule is CC(c1ccccc1)c1cc(C(C)(C)CC(C)(C)C)cc([N+](=O)[O-])c1N. The molecule has 0 fully saturated rings. The monoisotopic (exact) mass is 354 g/mol. The van der Waals surface area contributed by atoms with Crippen molar-refractivity contribution in [2.24, 2.45) is 5.41 Å². The number of benzene rings is 2. The fourth-order valence-electron chi connectivity index (χ4n) is 3.91. The normalized spacial score (nSPS) is 13.5. The van der Waals surface area contributed by atoms with Gasteiger partial charge < -0.3 is 5.73 Å². The van der Waals surface area contributed by atoms with E-state index in [2.05, 4.69) is 40.7 Å². The summed E-state index contributed by atoms with van der Waals surface area (Å²) < 4.78 is 0. The second kappa shape index (κ2) is 7.10. The highest BCUT2D eigenvalue weighted by Gasteiger charge is 2.31. The molecule has 0 amide bonds. The third-order valence-electron chi connectivity index (χ3n) is 4.91. The van der Waals surface area contributed by atoms with E-state index in [1.807, 2.05) is 37.3 Å². The molecule has 0 radical (unpaired) electrons. The summed E-state index contributed by atoms with van der Waals surface area (Å²) in [5.41, 5.74) is 9.29. The van der Waals surface area contributed by atoms with Crippen molar-refractivity contribution in [2.45, 2.75) is 59.3 Å². The molecule has 140 valence electrons. The van der Waals surface area contributed by atoms with Gasteiger partial charge in [0.1, 0.15) is 5.69 Å². The molecule has 0 aliphatic carbocycles. The zero-order valence-corrected chi connectivity index (χ0v) is 16.7. The Morgan fingerprint density at radius 3 is 2.15 bits per heavy atom. The van der Waals surface area contributed by atoms with Crippen molar-refractivity contribution >= 4 is 11.4 Å². The molecule has 2 aromatic rings. The third kappa shape index (κ3) is 4.43. The van der Waals surface area contributed by atoms with Gasteiger partial charge in [-0.05, 0) is 33.9 Å². The molecule has 26 heavy (non-hydrogen) atoms. The number of nitro groups is 1. The maximum absolute atomic E-state index is 11.6. The van der Waals surface area contributed by atoms with Crippen LogP contribution in [0.5, 0.6) is 0 Å². The molecule has 4 heteroatoms. The van der Waals surface area contributed by atoms with Gasteiger partial charge in [-0.3, -0.25) is 10.1 Å². The molecule has 2 N–H and O–H groups in total. The van der Waals surface area contributed by atoms with Crippen LogP contribution in [0.15, 0.2) is 42.5 Å². The van der Waals surface area contributed by atoms with E-state index in [4.69, 9.17) is 5.73 Å². The van der Waals surface area contributed by atoms with Crippen molar-refractivity contribution in [1.82, 2.24) is 0 Å². The Kier molecular flexibility index (Phi) is 5.45. The van der Waals surface area contributed by atoms with Crippen LogP contribution < -0.4 is 5.73 Å².